The highest BCUT2D eigenvalue weighted by Crippen LogP contribution is 2.10. The van der Waals surface area contributed by atoms with Crippen LogP contribution in [0.3, 0.4) is 0 Å². The number of nitrogens with two attached hydrogens (primary N) is 4. The molecule has 0 aliphatic heterocycles. The Morgan fingerprint density at radius 1 is 0.545 bits per heavy atom. The van der Waals surface area contributed by atoms with Crippen molar-refractivity contribution in [2.24, 2.45) is 34.8 Å². The largest absolute Gasteiger partial charge is 0.480 e. The van der Waals surface area contributed by atoms with Gasteiger partial charge in [0, 0.05) is 6.42 Å². The second kappa shape index (κ2) is 25.4. The molecule has 0 spiro atoms. The lowest BCUT2D eigenvalue weighted by Gasteiger charge is -2.28. The summed E-state index contributed by atoms with van der Waals surface area (Å²) in [7, 11) is 0. The number of nitrogens with one attached hydrogen (secondary N) is 6. The second-order valence-electron chi connectivity index (χ2n) is 14.2. The van der Waals surface area contributed by atoms with E-state index in [9.17, 15) is 43.8 Å². The van der Waals surface area contributed by atoms with Gasteiger partial charge in [0.05, 0.1) is 12.6 Å². The number of hydrogen-bond donors (Lipinski definition) is 12. The number of carboxylic acids is 1. The quantitative estimate of drug-likeness (QED) is 0.0439. The van der Waals surface area contributed by atoms with Crippen molar-refractivity contribution in [1.29, 1.82) is 0 Å². The molecule has 310 valence electrons. The summed E-state index contributed by atoms with van der Waals surface area (Å²) in [6.07, 6.45) is 0.338. The number of aliphatic hydroxyl groups excluding tert-OH is 1. The van der Waals surface area contributed by atoms with Crippen molar-refractivity contribution in [3.8, 4) is 0 Å². The molecule has 1 aromatic carbocycles. The molecule has 0 bridgehead atoms. The third-order valence-electron chi connectivity index (χ3n) is 8.38. The number of aliphatic hydroxyl groups is 1. The molecule has 6 amide bonds. The van der Waals surface area contributed by atoms with Gasteiger partial charge in [0.2, 0.25) is 35.4 Å². The van der Waals surface area contributed by atoms with Crippen LogP contribution in [0.1, 0.15) is 65.4 Å². The maximum absolute atomic E-state index is 13.9. The molecule has 1 rings (SSSR count). The topological polar surface area (TPSA) is 336 Å². The molecule has 0 radical (unpaired) electrons. The lowest BCUT2D eigenvalue weighted by Crippen LogP contribution is -2.60. The van der Waals surface area contributed by atoms with E-state index in [1.807, 2.05) is 13.8 Å². The molecule has 0 saturated carbocycles. The second-order valence-corrected chi connectivity index (χ2v) is 14.2. The van der Waals surface area contributed by atoms with E-state index in [0.717, 1.165) is 0 Å². The SMILES string of the molecule is CC(C)C[C@H](NC(=O)[C@H](CO)NC(=O)[C@H](CCN)NC(=O)[C@H](CC(C)C)NC(=O)[C@@H](Cc1ccccc1)NC(=O)[C@H](CCN)NC(=O)[C@@H](N)CCN)C(=O)O. The molecule has 0 aliphatic rings. The van der Waals surface area contributed by atoms with Gasteiger partial charge in [0.1, 0.15) is 36.3 Å². The van der Waals surface area contributed by atoms with Crippen molar-refractivity contribution in [3.05, 3.63) is 35.9 Å². The summed E-state index contributed by atoms with van der Waals surface area (Å²) < 4.78 is 0. The molecule has 19 nitrogen and oxygen atoms in total. The van der Waals surface area contributed by atoms with Gasteiger partial charge in [0.25, 0.3) is 0 Å². The van der Waals surface area contributed by atoms with E-state index in [1.54, 1.807) is 44.2 Å². The summed E-state index contributed by atoms with van der Waals surface area (Å²) in [6, 6.07) is 0.107. The Balaban J connectivity index is 3.28. The number of carbonyl (C=O) groups is 7. The van der Waals surface area contributed by atoms with E-state index in [2.05, 4.69) is 31.9 Å². The van der Waals surface area contributed by atoms with Crippen LogP contribution in [0.2, 0.25) is 0 Å². The van der Waals surface area contributed by atoms with Crippen LogP contribution in [-0.2, 0) is 40.0 Å². The average molecular weight is 779 g/mol. The lowest BCUT2D eigenvalue weighted by atomic mass is 10.00. The summed E-state index contributed by atoms with van der Waals surface area (Å²) in [5, 5.41) is 34.5. The van der Waals surface area contributed by atoms with Crippen molar-refractivity contribution < 1.29 is 43.8 Å². The Kier molecular flexibility index (Phi) is 22.3. The highest BCUT2D eigenvalue weighted by Gasteiger charge is 2.34. The molecular formula is C36H62N10O9. The van der Waals surface area contributed by atoms with Crippen LogP contribution in [0.5, 0.6) is 0 Å². The average Bonchev–Trinajstić information content (AvgIpc) is 3.12. The molecule has 0 heterocycles. The van der Waals surface area contributed by atoms with E-state index < -0.39 is 90.3 Å². The Morgan fingerprint density at radius 2 is 0.927 bits per heavy atom. The number of amides is 6. The molecule has 0 fully saturated rings. The molecule has 1 aromatic rings. The normalized spacial score (nSPS) is 15.0. The smallest absolute Gasteiger partial charge is 0.326 e. The van der Waals surface area contributed by atoms with Crippen molar-refractivity contribution in [3.63, 3.8) is 0 Å². The minimum atomic E-state index is -1.54. The first kappa shape index (κ1) is 48.3. The third kappa shape index (κ3) is 18.0. The van der Waals surface area contributed by atoms with Crippen molar-refractivity contribution in [2.45, 2.75) is 109 Å². The predicted octanol–water partition coefficient (Wildman–Crippen LogP) is -3.32. The summed E-state index contributed by atoms with van der Waals surface area (Å²) in [4.78, 5) is 91.6. The molecule has 16 N–H and O–H groups in total. The Labute approximate surface area is 322 Å². The summed E-state index contributed by atoms with van der Waals surface area (Å²) >= 11 is 0. The number of benzene rings is 1. The zero-order valence-electron chi connectivity index (χ0n) is 32.2. The van der Waals surface area contributed by atoms with Crippen molar-refractivity contribution in [2.75, 3.05) is 26.2 Å². The van der Waals surface area contributed by atoms with Crippen LogP contribution in [0.15, 0.2) is 30.3 Å². The van der Waals surface area contributed by atoms with E-state index in [1.165, 1.54) is 0 Å². The zero-order valence-corrected chi connectivity index (χ0v) is 32.2. The van der Waals surface area contributed by atoms with Crippen LogP contribution in [0, 0.1) is 11.8 Å². The zero-order chi connectivity index (χ0) is 41.7. The molecule has 7 atom stereocenters. The van der Waals surface area contributed by atoms with Crippen LogP contribution < -0.4 is 54.8 Å². The molecule has 0 unspecified atom stereocenters. The lowest BCUT2D eigenvalue weighted by molar-refractivity contribution is -0.143. The molecule has 0 saturated heterocycles. The highest BCUT2D eigenvalue weighted by atomic mass is 16.4. The Bertz CT molecular complexity index is 1400. The van der Waals surface area contributed by atoms with Crippen molar-refractivity contribution in [1.82, 2.24) is 31.9 Å². The number of rotatable bonds is 26. The third-order valence-corrected chi connectivity index (χ3v) is 8.38. The monoisotopic (exact) mass is 778 g/mol. The van der Waals surface area contributed by atoms with Crippen LogP contribution in [0.4, 0.5) is 0 Å². The Morgan fingerprint density at radius 3 is 1.40 bits per heavy atom. The van der Waals surface area contributed by atoms with Gasteiger partial charge in [-0.2, -0.15) is 0 Å². The van der Waals surface area contributed by atoms with Crippen molar-refractivity contribution >= 4 is 41.4 Å². The van der Waals surface area contributed by atoms with Gasteiger partial charge < -0.3 is 65.0 Å². The fourth-order valence-corrected chi connectivity index (χ4v) is 5.47. The first-order valence-corrected chi connectivity index (χ1v) is 18.5. The molecule has 55 heavy (non-hydrogen) atoms. The first-order chi connectivity index (χ1) is 26.0. The number of hydrogen-bond acceptors (Lipinski definition) is 12. The van der Waals surface area contributed by atoms with Gasteiger partial charge in [-0.25, -0.2) is 4.79 Å². The molecule has 0 aliphatic carbocycles. The highest BCUT2D eigenvalue weighted by molar-refractivity contribution is 5.97. The van der Waals surface area contributed by atoms with Gasteiger partial charge in [-0.15, -0.1) is 0 Å². The Hall–Kier alpha value is -4.69. The summed E-state index contributed by atoms with van der Waals surface area (Å²) in [5.41, 5.74) is 23.5. The van der Waals surface area contributed by atoms with Crippen LogP contribution in [0.25, 0.3) is 0 Å². The van der Waals surface area contributed by atoms with E-state index >= 15 is 0 Å². The fraction of sp³-hybridized carbons (Fsp3) is 0.639. The van der Waals surface area contributed by atoms with Gasteiger partial charge in [0.15, 0.2) is 0 Å². The molecular weight excluding hydrogens is 716 g/mol. The predicted molar refractivity (Wildman–Crippen MR) is 204 cm³/mol. The standard InChI is InChI=1S/C36H62N10O9/c1-20(2)16-26(33(51)42-25(12-15-39)32(50)46-29(19-47)35(53)45-28(36(54)55)17-21(3)4)43-34(52)27(18-22-8-6-5-7-9-22)44-31(49)24(11-14-38)41-30(48)23(40)10-13-37/h5-9,20-21,23-29,47H,10-19,37-40H2,1-4H3,(H,41,48)(H,42,51)(H,43,52)(H,44,49)(H,45,53)(H,46,50)(H,54,55)/t23-,24-,25-,26-,27+,28-,29-/m0/s1. The number of carbonyl (C=O) groups excluding carboxylic acids is 6. The van der Waals surface area contributed by atoms with E-state index in [4.69, 9.17) is 22.9 Å². The molecule has 0 aromatic heterocycles. The first-order valence-electron chi connectivity index (χ1n) is 18.5. The van der Waals surface area contributed by atoms with E-state index in [0.29, 0.717) is 5.56 Å². The van der Waals surface area contributed by atoms with Crippen LogP contribution >= 0.6 is 0 Å². The van der Waals surface area contributed by atoms with Gasteiger partial charge in [-0.1, -0.05) is 58.0 Å². The summed E-state index contributed by atoms with van der Waals surface area (Å²) in [6.45, 7) is 6.39. The maximum atomic E-state index is 13.9. The molecule has 19 heteroatoms. The van der Waals surface area contributed by atoms with Crippen LogP contribution in [-0.4, -0.2) is 120 Å². The summed E-state index contributed by atoms with van der Waals surface area (Å²) in [5.74, 6) is -6.16. The minimum Gasteiger partial charge on any atom is -0.480 e. The number of aliphatic carboxylic acids is 1. The number of carboxylic acid groups (broad SMARTS) is 1. The van der Waals surface area contributed by atoms with Gasteiger partial charge in [-0.05, 0) is 69.1 Å². The van der Waals surface area contributed by atoms with Gasteiger partial charge >= 0.3 is 5.97 Å². The van der Waals surface area contributed by atoms with E-state index in [-0.39, 0.29) is 70.0 Å². The maximum Gasteiger partial charge on any atom is 0.326 e. The van der Waals surface area contributed by atoms with Gasteiger partial charge in [-0.3, -0.25) is 28.8 Å². The fourth-order valence-electron chi connectivity index (χ4n) is 5.47. The minimum absolute atomic E-state index is 0.00707.